The van der Waals surface area contributed by atoms with Gasteiger partial charge in [0.05, 0.1) is 53.2 Å². The summed E-state index contributed by atoms with van der Waals surface area (Å²) in [6.07, 6.45) is -4.05. The molecule has 0 saturated carbocycles. The fourth-order valence-electron chi connectivity index (χ4n) is 7.46. The maximum atomic E-state index is 13.4. The molecule has 66 heavy (non-hydrogen) atoms. The number of carbonyl (C=O) groups excluding carboxylic acids is 2. The highest BCUT2D eigenvalue weighted by Gasteiger charge is 2.51. The van der Waals surface area contributed by atoms with E-state index in [9.17, 15) is 24.3 Å². The number of amides is 1. The summed E-state index contributed by atoms with van der Waals surface area (Å²) >= 11 is 0. The minimum atomic E-state index is -1.30. The molecule has 3 heterocycles. The van der Waals surface area contributed by atoms with Crippen molar-refractivity contribution in [1.82, 2.24) is 24.4 Å². The van der Waals surface area contributed by atoms with Gasteiger partial charge in [-0.25, -0.2) is 4.98 Å². The quantitative estimate of drug-likeness (QED) is 0.0426. The molecule has 0 aliphatic carbocycles. The van der Waals surface area contributed by atoms with Gasteiger partial charge in [0.15, 0.2) is 23.5 Å². The zero-order chi connectivity index (χ0) is 47.8. The highest BCUT2D eigenvalue weighted by atomic mass is 16.6. The van der Waals surface area contributed by atoms with Crippen LogP contribution in [0.2, 0.25) is 0 Å². The molecule has 3 aromatic carbocycles. The third kappa shape index (κ3) is 12.4. The number of methoxy groups -OCH3 is 3. The number of fused-ring (bicyclic) bond motifs is 1. The van der Waals surface area contributed by atoms with Gasteiger partial charge in [-0.3, -0.25) is 34.0 Å². The van der Waals surface area contributed by atoms with Gasteiger partial charge in [-0.1, -0.05) is 89.2 Å². The summed E-state index contributed by atoms with van der Waals surface area (Å²) in [7, 11) is 4.65. The van der Waals surface area contributed by atoms with Crippen LogP contribution in [0.5, 0.6) is 11.5 Å². The molecule has 3 N–H and O–H groups in total. The van der Waals surface area contributed by atoms with Gasteiger partial charge in [0.1, 0.15) is 29.3 Å². The van der Waals surface area contributed by atoms with Crippen LogP contribution in [0, 0.1) is 5.92 Å². The average molecular weight is 915 g/mol. The number of carbonyl (C=O) groups is 3. The molecule has 0 unspecified atom stereocenters. The van der Waals surface area contributed by atoms with Crippen molar-refractivity contribution in [3.05, 3.63) is 112 Å². The monoisotopic (exact) mass is 914 g/mol. The molecule has 1 aliphatic rings. The lowest BCUT2D eigenvalue weighted by molar-refractivity contribution is -0.162. The first-order valence-electron chi connectivity index (χ1n) is 22.0. The van der Waals surface area contributed by atoms with Gasteiger partial charge in [0.2, 0.25) is 11.9 Å². The largest absolute Gasteiger partial charge is 0.497 e. The molecular formula is C48H62N6O12. The predicted molar refractivity (Wildman–Crippen MR) is 246 cm³/mol. The van der Waals surface area contributed by atoms with Gasteiger partial charge in [-0.2, -0.15) is 4.98 Å². The Morgan fingerprint density at radius 3 is 1.95 bits per heavy atom. The first kappa shape index (κ1) is 50.8. The Kier molecular flexibility index (Phi) is 18.8. The van der Waals surface area contributed by atoms with Crippen molar-refractivity contribution in [3.63, 3.8) is 0 Å². The van der Waals surface area contributed by atoms with Crippen LogP contribution in [0.25, 0.3) is 11.2 Å². The summed E-state index contributed by atoms with van der Waals surface area (Å²) < 4.78 is 43.9. The Hall–Kier alpha value is -6.18. The van der Waals surface area contributed by atoms with Crippen LogP contribution in [0.15, 0.2) is 90.0 Å². The van der Waals surface area contributed by atoms with E-state index in [1.807, 2.05) is 78.9 Å². The van der Waals surface area contributed by atoms with E-state index in [0.717, 1.165) is 16.7 Å². The number of H-pyrrole nitrogens is 1. The fraction of sp³-hybridized carbons (Fsp3) is 0.458. The zero-order valence-electron chi connectivity index (χ0n) is 38.9. The van der Waals surface area contributed by atoms with E-state index < -0.39 is 66.4 Å². The smallest absolute Gasteiger partial charge is 0.306 e. The number of anilines is 1. The molecule has 4 atom stereocenters. The molecule has 18 heteroatoms. The first-order chi connectivity index (χ1) is 31.8. The summed E-state index contributed by atoms with van der Waals surface area (Å²) in [5, 5.41) is 12.0. The highest BCUT2D eigenvalue weighted by Crippen LogP contribution is 2.44. The molecule has 1 fully saturated rings. The number of aromatic amines is 1. The van der Waals surface area contributed by atoms with Crippen molar-refractivity contribution < 1.29 is 52.6 Å². The van der Waals surface area contributed by atoms with E-state index in [1.54, 1.807) is 28.1 Å². The van der Waals surface area contributed by atoms with Gasteiger partial charge in [-0.15, -0.1) is 0 Å². The molecule has 0 spiro atoms. The number of nitrogens with one attached hydrogen (secondary N) is 2. The summed E-state index contributed by atoms with van der Waals surface area (Å²) in [6.45, 7) is 13.5. The van der Waals surface area contributed by atoms with Crippen molar-refractivity contribution in [2.75, 3.05) is 66.1 Å². The molecular weight excluding hydrogens is 853 g/mol. The second-order valence-corrected chi connectivity index (χ2v) is 15.6. The Morgan fingerprint density at radius 1 is 0.848 bits per heavy atom. The third-order valence-corrected chi connectivity index (χ3v) is 11.1. The molecule has 356 valence electrons. The van der Waals surface area contributed by atoms with Crippen LogP contribution >= 0.6 is 0 Å². The summed E-state index contributed by atoms with van der Waals surface area (Å²) in [6, 6.07) is 24.4. The van der Waals surface area contributed by atoms with E-state index in [1.165, 1.54) is 37.6 Å². The molecule has 0 radical (unpaired) electrons. The normalized spacial score (nSPS) is 17.1. The topological polar surface area (TPSA) is 215 Å². The SMILES string of the molecule is CCN(CC)CC.COCCO[C@@H]1[C@H](OC(=O)CCC(=O)O)[C@@H](COC(c2ccccc2)(c2ccc(OC)cc2)c2ccc(OC)cc2)O[C@H]1n1cnc2c(=O)[nH]c(NC(=O)C(C)C)nc21. The number of hydrogen-bond acceptors (Lipinski definition) is 14. The van der Waals surface area contributed by atoms with Crippen molar-refractivity contribution in [1.29, 1.82) is 0 Å². The number of carboxylic acid groups (broad SMARTS) is 1. The Morgan fingerprint density at radius 2 is 1.44 bits per heavy atom. The van der Waals surface area contributed by atoms with Gasteiger partial charge >= 0.3 is 11.9 Å². The van der Waals surface area contributed by atoms with E-state index in [2.05, 4.69) is 45.9 Å². The second-order valence-electron chi connectivity index (χ2n) is 15.6. The zero-order valence-corrected chi connectivity index (χ0v) is 38.9. The number of aliphatic carboxylic acids is 1. The van der Waals surface area contributed by atoms with Crippen LogP contribution in [0.3, 0.4) is 0 Å². The molecule has 2 aromatic heterocycles. The molecule has 1 aliphatic heterocycles. The van der Waals surface area contributed by atoms with Crippen LogP contribution in [0.4, 0.5) is 5.95 Å². The number of aromatic nitrogens is 4. The average Bonchev–Trinajstić information content (AvgIpc) is 3.90. The molecule has 5 aromatic rings. The van der Waals surface area contributed by atoms with Crippen LogP contribution < -0.4 is 20.3 Å². The van der Waals surface area contributed by atoms with E-state index in [0.29, 0.717) is 11.5 Å². The fourth-order valence-corrected chi connectivity index (χ4v) is 7.46. The summed E-state index contributed by atoms with van der Waals surface area (Å²) in [5.41, 5.74) is 0.290. The standard InChI is InChI=1S/C42H47N5O12.C6H15N/c1-25(2)38(51)45-41-44-37-34(39(52)46-41)43-24-47(37)40-36(56-22-21-53-3)35(59-33(50)20-19-32(48)49)31(58-40)23-57-42(26-9-7-6-8-10-26,27-11-15-29(54-4)16-12-27)28-13-17-30(55-5)18-14-28;1-4-7(5-2)6-3/h6-18,24-25,31,35-36,40H,19-23H2,1-5H3,(H,48,49)(H2,44,45,46,51,52);4-6H2,1-3H3/t31-,35-,36-,40-;/m1./s1. The second kappa shape index (κ2) is 24.4. The van der Waals surface area contributed by atoms with Crippen molar-refractivity contribution in [3.8, 4) is 11.5 Å². The van der Waals surface area contributed by atoms with Gasteiger partial charge in [-0.05, 0) is 60.6 Å². The van der Waals surface area contributed by atoms with Gasteiger partial charge in [0.25, 0.3) is 5.56 Å². The molecule has 6 rings (SSSR count). The van der Waals surface area contributed by atoms with Crippen LogP contribution in [0.1, 0.15) is 70.4 Å². The minimum Gasteiger partial charge on any atom is -0.497 e. The van der Waals surface area contributed by atoms with Crippen molar-refractivity contribution >= 4 is 35.0 Å². The maximum Gasteiger partial charge on any atom is 0.306 e. The highest BCUT2D eigenvalue weighted by molar-refractivity contribution is 5.91. The summed E-state index contributed by atoms with van der Waals surface area (Å²) in [4.78, 5) is 64.3. The molecule has 1 saturated heterocycles. The first-order valence-corrected chi connectivity index (χ1v) is 22.0. The maximum absolute atomic E-state index is 13.4. The lowest BCUT2D eigenvalue weighted by Crippen LogP contribution is -2.43. The van der Waals surface area contributed by atoms with E-state index >= 15 is 0 Å². The number of benzene rings is 3. The Labute approximate surface area is 384 Å². The van der Waals surface area contributed by atoms with Crippen LogP contribution in [-0.2, 0) is 43.7 Å². The number of nitrogens with zero attached hydrogens (tertiary/aromatic N) is 4. The number of esters is 1. The molecule has 1 amide bonds. The number of carboxylic acids is 1. The molecule has 0 bridgehead atoms. The van der Waals surface area contributed by atoms with Crippen LogP contribution in [-0.4, -0.2) is 126 Å². The Bertz CT molecular complexity index is 2310. The lowest BCUT2D eigenvalue weighted by Gasteiger charge is -2.37. The predicted octanol–water partition coefficient (Wildman–Crippen LogP) is 5.79. The number of imidazole rings is 1. The van der Waals surface area contributed by atoms with Crippen molar-refractivity contribution in [2.45, 2.75) is 77.6 Å². The number of ether oxygens (including phenoxy) is 7. The lowest BCUT2D eigenvalue weighted by atomic mass is 9.80. The number of hydrogen-bond donors (Lipinski definition) is 3. The third-order valence-electron chi connectivity index (χ3n) is 11.1. The summed E-state index contributed by atoms with van der Waals surface area (Å²) in [5.74, 6) is -1.63. The van der Waals surface area contributed by atoms with E-state index in [-0.39, 0.29) is 42.8 Å². The van der Waals surface area contributed by atoms with Gasteiger partial charge < -0.3 is 43.2 Å². The molecule has 18 nitrogen and oxygen atoms in total. The van der Waals surface area contributed by atoms with Gasteiger partial charge in [0, 0.05) is 13.0 Å². The number of rotatable bonds is 22. The Balaban J connectivity index is 0.00000108. The van der Waals surface area contributed by atoms with Crippen molar-refractivity contribution in [2.24, 2.45) is 5.92 Å². The van der Waals surface area contributed by atoms with E-state index in [4.69, 9.17) is 33.2 Å². The minimum absolute atomic E-state index is 0.0275.